The Morgan fingerprint density at radius 1 is 1.08 bits per heavy atom. The average molecular weight is 502 g/mol. The molecule has 1 saturated carbocycles. The van der Waals surface area contributed by atoms with Gasteiger partial charge in [0.05, 0.1) is 32.2 Å². The zero-order chi connectivity index (χ0) is 25.1. The molecule has 2 heterocycles. The number of furan rings is 1. The van der Waals surface area contributed by atoms with Crippen LogP contribution < -0.4 is 14.8 Å². The van der Waals surface area contributed by atoms with Crippen molar-refractivity contribution in [2.75, 3.05) is 14.2 Å². The van der Waals surface area contributed by atoms with E-state index in [1.807, 2.05) is 48.5 Å². The monoisotopic (exact) mass is 501 g/mol. The molecule has 1 amide bonds. The number of hydrogen-bond donors (Lipinski definition) is 1. The smallest absolute Gasteiger partial charge is 0.293 e. The van der Waals surface area contributed by atoms with Crippen LogP contribution in [0.2, 0.25) is 0 Å². The van der Waals surface area contributed by atoms with E-state index in [0.29, 0.717) is 0 Å². The summed E-state index contributed by atoms with van der Waals surface area (Å²) in [6.45, 7) is 0. The first-order chi connectivity index (χ1) is 17.6. The van der Waals surface area contributed by atoms with E-state index in [2.05, 4.69) is 11.4 Å². The van der Waals surface area contributed by atoms with Gasteiger partial charge in [-0.1, -0.05) is 24.3 Å². The molecule has 2 aliphatic rings. The summed E-state index contributed by atoms with van der Waals surface area (Å²) in [5.74, 6) is 1.53. The molecule has 0 radical (unpaired) electrons. The van der Waals surface area contributed by atoms with Crippen LogP contribution in [-0.4, -0.2) is 36.0 Å². The number of methoxy groups -OCH3 is 2. The van der Waals surface area contributed by atoms with Crippen LogP contribution in [-0.2, 0) is 0 Å². The zero-order valence-electron chi connectivity index (χ0n) is 20.1. The van der Waals surface area contributed by atoms with Gasteiger partial charge in [-0.25, -0.2) is 5.01 Å². The van der Waals surface area contributed by atoms with Gasteiger partial charge in [-0.15, -0.1) is 0 Å². The number of thiocarbonyl (C=S) groups is 1. The van der Waals surface area contributed by atoms with Gasteiger partial charge in [-0.05, 0) is 90.7 Å². The van der Waals surface area contributed by atoms with Gasteiger partial charge in [0.2, 0.25) is 0 Å². The van der Waals surface area contributed by atoms with E-state index < -0.39 is 5.91 Å². The molecule has 7 nitrogen and oxygen atoms in total. The summed E-state index contributed by atoms with van der Waals surface area (Å²) in [7, 11) is 3.31. The standard InChI is InChI=1S/C28H27N3O4S/c1-33-21-12-8-18(9-13-21)17-20-5-3-6-23-25(20)30-31(26(23)19-10-14-22(34-2)15-11-19)28(36)29-27(32)24-7-4-16-35-24/h4,7-17,23,26H,3,5-6H2,1-2H3,(H,29,32,36). The number of amides is 1. The molecule has 0 saturated heterocycles. The van der Waals surface area contributed by atoms with E-state index in [1.54, 1.807) is 31.4 Å². The number of fused-ring (bicyclic) bond motifs is 1. The molecule has 184 valence electrons. The quantitative estimate of drug-likeness (QED) is 0.458. The molecule has 5 rings (SSSR count). The Kier molecular flexibility index (Phi) is 6.86. The van der Waals surface area contributed by atoms with Gasteiger partial charge in [0.25, 0.3) is 5.91 Å². The van der Waals surface area contributed by atoms with Gasteiger partial charge in [0.1, 0.15) is 11.5 Å². The first kappa shape index (κ1) is 23.8. The minimum Gasteiger partial charge on any atom is -0.497 e. The maximum atomic E-state index is 12.7. The molecule has 1 aromatic heterocycles. The fraction of sp³-hybridized carbons (Fsp3) is 0.250. The summed E-state index contributed by atoms with van der Waals surface area (Å²) in [5.41, 5.74) is 4.33. The number of ether oxygens (including phenoxy) is 2. The highest BCUT2D eigenvalue weighted by Crippen LogP contribution is 2.44. The van der Waals surface area contributed by atoms with Crippen LogP contribution in [0.4, 0.5) is 0 Å². The highest BCUT2D eigenvalue weighted by atomic mass is 32.1. The fourth-order valence-corrected chi connectivity index (χ4v) is 5.07. The van der Waals surface area contributed by atoms with E-state index in [4.69, 9.17) is 31.2 Å². The van der Waals surface area contributed by atoms with E-state index in [0.717, 1.165) is 47.6 Å². The van der Waals surface area contributed by atoms with Crippen LogP contribution in [0.1, 0.15) is 47.0 Å². The SMILES string of the molecule is COc1ccc(C=C2CCCC3C2=NN(C(=S)NC(=O)c2ccco2)C3c2ccc(OC)cc2)cc1. The van der Waals surface area contributed by atoms with Crippen molar-refractivity contribution >= 4 is 35.0 Å². The number of carbonyl (C=O) groups excluding carboxylic acids is 1. The van der Waals surface area contributed by atoms with Crippen molar-refractivity contribution < 1.29 is 18.7 Å². The summed E-state index contributed by atoms with van der Waals surface area (Å²) >= 11 is 5.70. The number of nitrogens with zero attached hydrogens (tertiary/aromatic N) is 2. The molecule has 1 aliphatic heterocycles. The highest BCUT2D eigenvalue weighted by molar-refractivity contribution is 7.80. The van der Waals surface area contributed by atoms with Crippen molar-refractivity contribution in [3.8, 4) is 11.5 Å². The fourth-order valence-electron chi connectivity index (χ4n) is 4.83. The van der Waals surface area contributed by atoms with Gasteiger partial charge >= 0.3 is 0 Å². The summed E-state index contributed by atoms with van der Waals surface area (Å²) in [4.78, 5) is 12.7. The number of benzene rings is 2. The van der Waals surface area contributed by atoms with E-state index in [1.165, 1.54) is 11.8 Å². The Morgan fingerprint density at radius 2 is 1.78 bits per heavy atom. The summed E-state index contributed by atoms with van der Waals surface area (Å²) in [6.07, 6.45) is 6.58. The lowest BCUT2D eigenvalue weighted by molar-refractivity contribution is 0.0944. The second-order valence-electron chi connectivity index (χ2n) is 8.73. The van der Waals surface area contributed by atoms with Crippen molar-refractivity contribution in [2.24, 2.45) is 11.0 Å². The van der Waals surface area contributed by atoms with Crippen molar-refractivity contribution in [3.63, 3.8) is 0 Å². The summed E-state index contributed by atoms with van der Waals surface area (Å²) in [5, 5.41) is 9.80. The largest absolute Gasteiger partial charge is 0.497 e. The molecule has 0 spiro atoms. The van der Waals surface area contributed by atoms with Gasteiger partial charge in [-0.3, -0.25) is 10.1 Å². The van der Waals surface area contributed by atoms with Gasteiger partial charge < -0.3 is 13.9 Å². The van der Waals surface area contributed by atoms with Crippen LogP contribution in [0.5, 0.6) is 11.5 Å². The maximum absolute atomic E-state index is 12.7. The lowest BCUT2D eigenvalue weighted by Gasteiger charge is -2.30. The highest BCUT2D eigenvalue weighted by Gasteiger charge is 2.43. The Morgan fingerprint density at radius 3 is 2.42 bits per heavy atom. The maximum Gasteiger partial charge on any atom is 0.293 e. The Hall–Kier alpha value is -3.91. The van der Waals surface area contributed by atoms with Gasteiger partial charge in [0, 0.05) is 5.92 Å². The van der Waals surface area contributed by atoms with Crippen molar-refractivity contribution in [1.29, 1.82) is 0 Å². The topological polar surface area (TPSA) is 76.3 Å². The van der Waals surface area contributed by atoms with Crippen LogP contribution >= 0.6 is 12.2 Å². The predicted octanol–water partition coefficient (Wildman–Crippen LogP) is 5.61. The molecule has 2 atom stereocenters. The van der Waals surface area contributed by atoms with Crippen LogP contribution in [0.25, 0.3) is 6.08 Å². The minimum absolute atomic E-state index is 0.134. The number of allylic oxidation sites excluding steroid dienone is 1. The molecule has 0 bridgehead atoms. The summed E-state index contributed by atoms with van der Waals surface area (Å²) < 4.78 is 15.9. The molecule has 36 heavy (non-hydrogen) atoms. The number of hydrazone groups is 1. The molecular weight excluding hydrogens is 474 g/mol. The van der Waals surface area contributed by atoms with E-state index in [9.17, 15) is 4.79 Å². The third-order valence-electron chi connectivity index (χ3n) is 6.59. The Labute approximate surface area is 215 Å². The molecule has 3 aromatic rings. The van der Waals surface area contributed by atoms with Crippen molar-refractivity contribution in [1.82, 2.24) is 10.3 Å². The van der Waals surface area contributed by atoms with E-state index >= 15 is 0 Å². The molecule has 2 aromatic carbocycles. The predicted molar refractivity (Wildman–Crippen MR) is 142 cm³/mol. The molecule has 1 fully saturated rings. The number of hydrogen-bond acceptors (Lipinski definition) is 6. The van der Waals surface area contributed by atoms with Crippen molar-refractivity contribution in [2.45, 2.75) is 25.3 Å². The van der Waals surface area contributed by atoms with Gasteiger partial charge in [-0.2, -0.15) is 5.10 Å². The molecule has 1 N–H and O–H groups in total. The molecule has 1 aliphatic carbocycles. The second kappa shape index (κ2) is 10.4. The molecule has 2 unspecified atom stereocenters. The Bertz CT molecular complexity index is 1300. The van der Waals surface area contributed by atoms with Gasteiger partial charge in [0.15, 0.2) is 10.9 Å². The van der Waals surface area contributed by atoms with Crippen LogP contribution in [0.3, 0.4) is 0 Å². The third-order valence-corrected chi connectivity index (χ3v) is 6.88. The number of nitrogens with one attached hydrogen (secondary N) is 1. The van der Waals surface area contributed by atoms with E-state index in [-0.39, 0.29) is 22.8 Å². The van der Waals surface area contributed by atoms with Crippen molar-refractivity contribution in [3.05, 3.63) is 89.4 Å². The Balaban J connectivity index is 1.49. The average Bonchev–Trinajstić information content (AvgIpc) is 3.58. The zero-order valence-corrected chi connectivity index (χ0v) is 21.0. The summed E-state index contributed by atoms with van der Waals surface area (Å²) in [6, 6.07) is 19.1. The first-order valence-corrected chi connectivity index (χ1v) is 12.2. The van der Waals surface area contributed by atoms with Crippen LogP contribution in [0, 0.1) is 5.92 Å². The normalized spacial score (nSPS) is 20.0. The lowest BCUT2D eigenvalue weighted by Crippen LogP contribution is -2.41. The first-order valence-electron chi connectivity index (χ1n) is 11.8. The number of rotatable bonds is 5. The van der Waals surface area contributed by atoms with Crippen LogP contribution in [0.15, 0.2) is 82.0 Å². The number of carbonyl (C=O) groups is 1. The molecule has 8 heteroatoms. The third kappa shape index (κ3) is 4.77. The molecular formula is C28H27N3O4S. The lowest BCUT2D eigenvalue weighted by atomic mass is 9.77. The minimum atomic E-state index is -0.400. The second-order valence-corrected chi connectivity index (χ2v) is 9.11.